The number of benzene rings is 1. The molecule has 1 N–H and O–H groups in total. The molecular weight excluding hydrogens is 267 g/mol. The van der Waals surface area contributed by atoms with Crippen LogP contribution >= 0.6 is 0 Å². The topological polar surface area (TPSA) is 21.3 Å². The van der Waals surface area contributed by atoms with E-state index in [-0.39, 0.29) is 17.2 Å². The van der Waals surface area contributed by atoms with Gasteiger partial charge in [0.25, 0.3) is 0 Å². The van der Waals surface area contributed by atoms with Gasteiger partial charge >= 0.3 is 6.36 Å². The van der Waals surface area contributed by atoms with Crippen molar-refractivity contribution in [3.8, 4) is 5.75 Å². The van der Waals surface area contributed by atoms with Crippen LogP contribution in [0.25, 0.3) is 0 Å². The van der Waals surface area contributed by atoms with Crippen molar-refractivity contribution in [3.05, 3.63) is 29.8 Å². The van der Waals surface area contributed by atoms with E-state index >= 15 is 0 Å². The first kappa shape index (κ1) is 16.8. The van der Waals surface area contributed by atoms with E-state index in [2.05, 4.69) is 30.8 Å². The van der Waals surface area contributed by atoms with Gasteiger partial charge in [0.1, 0.15) is 5.75 Å². The quantitative estimate of drug-likeness (QED) is 0.879. The molecule has 0 bridgehead atoms. The largest absolute Gasteiger partial charge is 0.573 e. The van der Waals surface area contributed by atoms with Crippen LogP contribution in [-0.2, 0) is 6.42 Å². The van der Waals surface area contributed by atoms with Crippen LogP contribution in [0.1, 0.15) is 33.3 Å². The molecule has 114 valence electrons. The Hall–Kier alpha value is -1.23. The van der Waals surface area contributed by atoms with E-state index in [9.17, 15) is 13.2 Å². The zero-order valence-electron chi connectivity index (χ0n) is 12.3. The van der Waals surface area contributed by atoms with Crippen LogP contribution in [0.15, 0.2) is 24.3 Å². The lowest BCUT2D eigenvalue weighted by Gasteiger charge is -2.31. The zero-order chi connectivity index (χ0) is 15.4. The van der Waals surface area contributed by atoms with Crippen LogP contribution in [0.2, 0.25) is 0 Å². The number of hydrogen-bond acceptors (Lipinski definition) is 2. The summed E-state index contributed by atoms with van der Waals surface area (Å²) < 4.78 is 40.1. The highest BCUT2D eigenvalue weighted by atomic mass is 19.4. The highest BCUT2D eigenvalue weighted by Gasteiger charge is 2.31. The summed E-state index contributed by atoms with van der Waals surface area (Å²) in [5, 5.41) is 3.41. The molecule has 5 heteroatoms. The Balaban J connectivity index is 2.73. The molecule has 0 amide bonds. The second kappa shape index (κ2) is 6.48. The van der Waals surface area contributed by atoms with Gasteiger partial charge in [-0.1, -0.05) is 39.8 Å². The third kappa shape index (κ3) is 5.82. The molecule has 1 atom stereocenters. The Bertz CT molecular complexity index is 407. The third-order valence-electron chi connectivity index (χ3n) is 3.09. The molecule has 1 aromatic carbocycles. The van der Waals surface area contributed by atoms with Crippen LogP contribution in [0.4, 0.5) is 13.2 Å². The van der Waals surface area contributed by atoms with Crippen LogP contribution in [0.5, 0.6) is 5.75 Å². The molecule has 0 aliphatic heterocycles. The molecule has 0 heterocycles. The Morgan fingerprint density at radius 2 is 1.65 bits per heavy atom. The average molecular weight is 289 g/mol. The molecule has 0 spiro atoms. The van der Waals surface area contributed by atoms with Crippen LogP contribution < -0.4 is 10.1 Å². The van der Waals surface area contributed by atoms with Gasteiger partial charge in [0.2, 0.25) is 0 Å². The molecule has 0 saturated carbocycles. The molecule has 0 saturated heterocycles. The molecular formula is C15H22F3NO. The normalized spacial score (nSPS) is 14.2. The summed E-state index contributed by atoms with van der Waals surface area (Å²) in [5.41, 5.74) is 1.07. The summed E-state index contributed by atoms with van der Waals surface area (Å²) in [4.78, 5) is 0. The van der Waals surface area contributed by atoms with Crippen molar-refractivity contribution < 1.29 is 17.9 Å². The molecule has 1 aromatic rings. The van der Waals surface area contributed by atoms with Gasteiger partial charge in [-0.25, -0.2) is 0 Å². The molecule has 0 fully saturated rings. The Morgan fingerprint density at radius 3 is 2.05 bits per heavy atom. The van der Waals surface area contributed by atoms with Gasteiger partial charge in [-0.05, 0) is 36.1 Å². The van der Waals surface area contributed by atoms with Crippen LogP contribution in [-0.4, -0.2) is 18.9 Å². The second-order valence-electron chi connectivity index (χ2n) is 5.87. The van der Waals surface area contributed by atoms with Gasteiger partial charge in [-0.2, -0.15) is 0 Å². The van der Waals surface area contributed by atoms with Crippen molar-refractivity contribution in [2.75, 3.05) is 6.54 Å². The summed E-state index contributed by atoms with van der Waals surface area (Å²) in [7, 11) is 0. The lowest BCUT2D eigenvalue weighted by Crippen LogP contribution is -2.41. The first-order valence-electron chi connectivity index (χ1n) is 6.70. The minimum atomic E-state index is -4.64. The Kier molecular flexibility index (Phi) is 5.45. The molecule has 0 aromatic heterocycles. The van der Waals surface area contributed by atoms with Gasteiger partial charge in [-0.3, -0.25) is 0 Å². The second-order valence-corrected chi connectivity index (χ2v) is 5.87. The highest BCUT2D eigenvalue weighted by Crippen LogP contribution is 2.25. The number of hydrogen-bond donors (Lipinski definition) is 1. The van der Waals surface area contributed by atoms with Gasteiger partial charge in [0, 0.05) is 6.04 Å². The van der Waals surface area contributed by atoms with Crippen LogP contribution in [0, 0.1) is 5.41 Å². The fourth-order valence-corrected chi connectivity index (χ4v) is 1.99. The summed E-state index contributed by atoms with van der Waals surface area (Å²) >= 11 is 0. The number of rotatable bonds is 5. The number of likely N-dealkylation sites (N-methyl/N-ethyl adjacent to an activating group) is 1. The van der Waals surface area contributed by atoms with E-state index in [4.69, 9.17) is 0 Å². The van der Waals surface area contributed by atoms with E-state index in [0.717, 1.165) is 18.5 Å². The minimum Gasteiger partial charge on any atom is -0.406 e. The summed E-state index contributed by atoms with van der Waals surface area (Å²) in [6.07, 6.45) is -3.87. The standard InChI is InChI=1S/C15H22F3NO/c1-5-19-13(14(2,3)4)10-11-6-8-12(9-7-11)20-15(16,17)18/h6-9,13,19H,5,10H2,1-4H3. The predicted molar refractivity (Wildman–Crippen MR) is 73.7 cm³/mol. The number of alkyl halides is 3. The van der Waals surface area contributed by atoms with Crippen molar-refractivity contribution in [2.24, 2.45) is 5.41 Å². The maximum Gasteiger partial charge on any atom is 0.573 e. The predicted octanol–water partition coefficient (Wildman–Crippen LogP) is 4.15. The zero-order valence-corrected chi connectivity index (χ0v) is 12.3. The molecule has 1 rings (SSSR count). The van der Waals surface area contributed by atoms with Crippen LogP contribution in [0.3, 0.4) is 0 Å². The fraction of sp³-hybridized carbons (Fsp3) is 0.600. The van der Waals surface area contributed by atoms with E-state index in [1.54, 1.807) is 12.1 Å². The number of nitrogens with one attached hydrogen (secondary N) is 1. The Morgan fingerprint density at radius 1 is 1.10 bits per heavy atom. The van der Waals surface area contributed by atoms with Crippen molar-refractivity contribution in [2.45, 2.75) is 46.5 Å². The highest BCUT2D eigenvalue weighted by molar-refractivity contribution is 5.28. The number of halogens is 3. The summed E-state index contributed by atoms with van der Waals surface area (Å²) in [6, 6.07) is 6.33. The first-order chi connectivity index (χ1) is 9.12. The SMILES string of the molecule is CCNC(Cc1ccc(OC(F)(F)F)cc1)C(C)(C)C. The summed E-state index contributed by atoms with van der Waals surface area (Å²) in [5.74, 6) is -0.183. The van der Waals surface area contributed by atoms with Crippen molar-refractivity contribution in [1.29, 1.82) is 0 Å². The summed E-state index contributed by atoms with van der Waals surface area (Å²) in [6.45, 7) is 9.32. The van der Waals surface area contributed by atoms with Gasteiger partial charge in [-0.15, -0.1) is 13.2 Å². The van der Waals surface area contributed by atoms with Gasteiger partial charge in [0.05, 0.1) is 0 Å². The molecule has 1 unspecified atom stereocenters. The molecule has 20 heavy (non-hydrogen) atoms. The lowest BCUT2D eigenvalue weighted by atomic mass is 9.83. The molecule has 0 aliphatic carbocycles. The van der Waals surface area contributed by atoms with Gasteiger partial charge < -0.3 is 10.1 Å². The van der Waals surface area contributed by atoms with E-state index in [1.807, 2.05) is 6.92 Å². The minimum absolute atomic E-state index is 0.0805. The molecule has 2 nitrogen and oxygen atoms in total. The monoisotopic (exact) mass is 289 g/mol. The smallest absolute Gasteiger partial charge is 0.406 e. The van der Waals surface area contributed by atoms with Gasteiger partial charge in [0.15, 0.2) is 0 Å². The average Bonchev–Trinajstić information content (AvgIpc) is 2.28. The molecule has 0 radical (unpaired) electrons. The Labute approximate surface area is 118 Å². The molecule has 0 aliphatic rings. The number of ether oxygens (including phenoxy) is 1. The maximum atomic E-state index is 12.1. The fourth-order valence-electron chi connectivity index (χ4n) is 1.99. The van der Waals surface area contributed by atoms with Crippen molar-refractivity contribution >= 4 is 0 Å². The van der Waals surface area contributed by atoms with Crippen molar-refractivity contribution in [1.82, 2.24) is 5.32 Å². The van der Waals surface area contributed by atoms with E-state index in [1.165, 1.54) is 12.1 Å². The third-order valence-corrected chi connectivity index (χ3v) is 3.09. The van der Waals surface area contributed by atoms with Crippen molar-refractivity contribution in [3.63, 3.8) is 0 Å². The van der Waals surface area contributed by atoms with E-state index < -0.39 is 6.36 Å². The lowest BCUT2D eigenvalue weighted by molar-refractivity contribution is -0.274. The first-order valence-corrected chi connectivity index (χ1v) is 6.70. The van der Waals surface area contributed by atoms with E-state index in [0.29, 0.717) is 0 Å². The maximum absolute atomic E-state index is 12.1.